The van der Waals surface area contributed by atoms with Crippen LogP contribution in [-0.4, -0.2) is 19.1 Å². The van der Waals surface area contributed by atoms with E-state index in [1.165, 1.54) is 13.0 Å². The molecule has 1 aromatic rings. The third kappa shape index (κ3) is 2.33. The van der Waals surface area contributed by atoms with E-state index >= 15 is 0 Å². The van der Waals surface area contributed by atoms with Gasteiger partial charge in [-0.3, -0.25) is 10.1 Å². The van der Waals surface area contributed by atoms with Crippen LogP contribution >= 0.6 is 15.9 Å². The number of benzene rings is 1. The van der Waals surface area contributed by atoms with E-state index in [0.717, 1.165) is 6.07 Å². The fraction of sp³-hybridized carbons (Fsp3) is 0.250. The van der Waals surface area contributed by atoms with Crippen molar-refractivity contribution < 1.29 is 13.3 Å². The van der Waals surface area contributed by atoms with E-state index in [2.05, 4.69) is 15.9 Å². The van der Waals surface area contributed by atoms with Crippen LogP contribution in [-0.2, 0) is 9.84 Å². The zero-order chi connectivity index (χ0) is 12.5. The van der Waals surface area contributed by atoms with Gasteiger partial charge in [0.2, 0.25) is 0 Å². The molecule has 0 fully saturated rings. The molecule has 16 heavy (non-hydrogen) atoms. The molecule has 2 N–H and O–H groups in total. The minimum absolute atomic E-state index is 0.0833. The Bertz CT molecular complexity index is 541. The summed E-state index contributed by atoms with van der Waals surface area (Å²) in [5.41, 5.74) is 4.96. The lowest BCUT2D eigenvalue weighted by Crippen LogP contribution is -2.06. The molecule has 88 valence electrons. The molecule has 0 saturated carbocycles. The summed E-state index contributed by atoms with van der Waals surface area (Å²) >= 11 is 2.99. The highest BCUT2D eigenvalue weighted by atomic mass is 79.9. The second kappa shape index (κ2) is 4.38. The lowest BCUT2D eigenvalue weighted by atomic mass is 10.3. The molecular formula is C8H9BrN2O4S. The number of rotatable bonds is 3. The van der Waals surface area contributed by atoms with Gasteiger partial charge in [-0.2, -0.15) is 0 Å². The standard InChI is InChI=1S/C8H9BrN2O4S/c1-2-16(14,15)5-3-6(9)8(10)7(4-5)11(12)13/h3-4H,2,10H2,1H3. The van der Waals surface area contributed by atoms with E-state index < -0.39 is 20.4 Å². The smallest absolute Gasteiger partial charge is 0.294 e. The van der Waals surface area contributed by atoms with Crippen molar-refractivity contribution in [3.8, 4) is 0 Å². The van der Waals surface area contributed by atoms with Crippen molar-refractivity contribution in [1.82, 2.24) is 0 Å². The van der Waals surface area contributed by atoms with Gasteiger partial charge in [0, 0.05) is 10.5 Å². The average Bonchev–Trinajstić information content (AvgIpc) is 2.21. The van der Waals surface area contributed by atoms with E-state index in [1.54, 1.807) is 0 Å². The van der Waals surface area contributed by atoms with Gasteiger partial charge < -0.3 is 5.73 Å². The molecule has 0 aromatic heterocycles. The molecule has 0 saturated heterocycles. The summed E-state index contributed by atoms with van der Waals surface area (Å²) in [6.45, 7) is 1.46. The molecule has 8 heteroatoms. The van der Waals surface area contributed by atoms with Gasteiger partial charge in [0.15, 0.2) is 9.84 Å². The van der Waals surface area contributed by atoms with Crippen molar-refractivity contribution in [3.05, 3.63) is 26.7 Å². The second-order valence-corrected chi connectivity index (χ2v) is 6.13. The van der Waals surface area contributed by atoms with Gasteiger partial charge in [-0.15, -0.1) is 0 Å². The lowest BCUT2D eigenvalue weighted by molar-refractivity contribution is -0.384. The summed E-state index contributed by atoms with van der Waals surface area (Å²) in [7, 11) is -3.48. The Labute approximate surface area is 101 Å². The highest BCUT2D eigenvalue weighted by Gasteiger charge is 2.21. The number of nitrogens with two attached hydrogens (primary N) is 1. The number of hydrogen-bond acceptors (Lipinski definition) is 5. The summed E-state index contributed by atoms with van der Waals surface area (Å²) in [6.07, 6.45) is 0. The molecular weight excluding hydrogens is 300 g/mol. The van der Waals surface area contributed by atoms with Crippen LogP contribution in [0.5, 0.6) is 0 Å². The Kier molecular flexibility index (Phi) is 3.54. The van der Waals surface area contributed by atoms with E-state index in [4.69, 9.17) is 5.73 Å². The zero-order valence-corrected chi connectivity index (χ0v) is 10.7. The Morgan fingerprint density at radius 1 is 1.50 bits per heavy atom. The van der Waals surface area contributed by atoms with Crippen molar-refractivity contribution >= 4 is 37.1 Å². The fourth-order valence-electron chi connectivity index (χ4n) is 1.08. The largest absolute Gasteiger partial charge is 0.392 e. The molecule has 0 heterocycles. The van der Waals surface area contributed by atoms with E-state index in [1.807, 2.05) is 0 Å². The Morgan fingerprint density at radius 2 is 2.06 bits per heavy atom. The third-order valence-corrected chi connectivity index (χ3v) is 4.39. The number of nitro groups is 1. The van der Waals surface area contributed by atoms with Crippen LogP contribution in [0.15, 0.2) is 21.5 Å². The van der Waals surface area contributed by atoms with Gasteiger partial charge in [-0.05, 0) is 22.0 Å². The fourth-order valence-corrected chi connectivity index (χ4v) is 2.60. The highest BCUT2D eigenvalue weighted by molar-refractivity contribution is 9.10. The number of hydrogen-bond donors (Lipinski definition) is 1. The van der Waals surface area contributed by atoms with Crippen molar-refractivity contribution in [2.24, 2.45) is 0 Å². The number of anilines is 1. The maximum absolute atomic E-state index is 11.6. The van der Waals surface area contributed by atoms with Crippen LogP contribution in [0.25, 0.3) is 0 Å². The van der Waals surface area contributed by atoms with E-state index in [0.29, 0.717) is 0 Å². The molecule has 0 aliphatic heterocycles. The SMILES string of the molecule is CCS(=O)(=O)c1cc(Br)c(N)c([N+](=O)[O-])c1. The highest BCUT2D eigenvalue weighted by Crippen LogP contribution is 2.33. The van der Waals surface area contributed by atoms with Crippen LogP contribution < -0.4 is 5.73 Å². The average molecular weight is 309 g/mol. The zero-order valence-electron chi connectivity index (χ0n) is 8.31. The predicted octanol–water partition coefficient (Wildman–Crippen LogP) is 1.73. The number of nitrogens with zero attached hydrogens (tertiary/aromatic N) is 1. The third-order valence-electron chi connectivity index (χ3n) is 2.02. The number of nitro benzene ring substituents is 1. The van der Waals surface area contributed by atoms with Gasteiger partial charge in [-0.1, -0.05) is 6.92 Å². The number of halogens is 1. The molecule has 0 amide bonds. The molecule has 0 aliphatic rings. The predicted molar refractivity (Wildman–Crippen MR) is 62.9 cm³/mol. The molecule has 6 nitrogen and oxygen atoms in total. The van der Waals surface area contributed by atoms with Crippen molar-refractivity contribution in [2.45, 2.75) is 11.8 Å². The summed E-state index contributed by atoms with van der Waals surface area (Å²) in [5.74, 6) is -0.124. The minimum Gasteiger partial charge on any atom is -0.392 e. The van der Waals surface area contributed by atoms with Crippen molar-refractivity contribution in [1.29, 1.82) is 0 Å². The van der Waals surface area contributed by atoms with Crippen LogP contribution in [0, 0.1) is 10.1 Å². The van der Waals surface area contributed by atoms with Crippen molar-refractivity contribution in [3.63, 3.8) is 0 Å². The molecule has 0 radical (unpaired) electrons. The Morgan fingerprint density at radius 3 is 2.50 bits per heavy atom. The summed E-state index contributed by atoms with van der Waals surface area (Å²) in [5, 5.41) is 10.7. The first kappa shape index (κ1) is 12.9. The van der Waals surface area contributed by atoms with E-state index in [-0.39, 0.29) is 20.8 Å². The summed E-state index contributed by atoms with van der Waals surface area (Å²) in [6, 6.07) is 2.24. The monoisotopic (exact) mass is 308 g/mol. The van der Waals surface area contributed by atoms with Gasteiger partial charge in [0.25, 0.3) is 5.69 Å². The molecule has 0 aliphatic carbocycles. The van der Waals surface area contributed by atoms with Crippen LogP contribution in [0.4, 0.5) is 11.4 Å². The van der Waals surface area contributed by atoms with Crippen LogP contribution in [0.3, 0.4) is 0 Å². The quantitative estimate of drug-likeness (QED) is 0.520. The van der Waals surface area contributed by atoms with Gasteiger partial charge in [0.05, 0.1) is 15.6 Å². The molecule has 0 bridgehead atoms. The van der Waals surface area contributed by atoms with E-state index in [9.17, 15) is 18.5 Å². The molecule has 1 aromatic carbocycles. The number of nitrogen functional groups attached to an aromatic ring is 1. The first-order chi connectivity index (χ1) is 7.29. The Balaban J connectivity index is 3.53. The second-order valence-electron chi connectivity index (χ2n) is 3.00. The molecule has 1 rings (SSSR count). The molecule has 0 unspecified atom stereocenters. The van der Waals surface area contributed by atoms with Gasteiger partial charge in [-0.25, -0.2) is 8.42 Å². The minimum atomic E-state index is -3.48. The maximum Gasteiger partial charge on any atom is 0.294 e. The van der Waals surface area contributed by atoms with Crippen LogP contribution in [0.1, 0.15) is 6.92 Å². The number of sulfone groups is 1. The Hall–Kier alpha value is -1.15. The first-order valence-corrected chi connectivity index (χ1v) is 6.70. The first-order valence-electron chi connectivity index (χ1n) is 4.25. The summed E-state index contributed by atoms with van der Waals surface area (Å²) in [4.78, 5) is 9.83. The van der Waals surface area contributed by atoms with Gasteiger partial charge in [0.1, 0.15) is 5.69 Å². The lowest BCUT2D eigenvalue weighted by Gasteiger charge is -2.05. The maximum atomic E-state index is 11.6. The topological polar surface area (TPSA) is 103 Å². The van der Waals surface area contributed by atoms with Crippen molar-refractivity contribution in [2.75, 3.05) is 11.5 Å². The molecule has 0 atom stereocenters. The van der Waals surface area contributed by atoms with Gasteiger partial charge >= 0.3 is 0 Å². The molecule has 0 spiro atoms. The summed E-state index contributed by atoms with van der Waals surface area (Å²) < 4.78 is 23.3. The van der Waals surface area contributed by atoms with Crippen LogP contribution in [0.2, 0.25) is 0 Å². The normalized spacial score (nSPS) is 11.4.